The molecular formula is C20H36O2. The van der Waals surface area contributed by atoms with Crippen molar-refractivity contribution in [3.05, 3.63) is 24.3 Å². The quantitative estimate of drug-likeness (QED) is 0.200. The van der Waals surface area contributed by atoms with Crippen LogP contribution in [0.3, 0.4) is 0 Å². The van der Waals surface area contributed by atoms with Crippen LogP contribution in [0.4, 0.5) is 0 Å². The van der Waals surface area contributed by atoms with Gasteiger partial charge in [0.2, 0.25) is 0 Å². The van der Waals surface area contributed by atoms with Crippen LogP contribution >= 0.6 is 0 Å². The van der Waals surface area contributed by atoms with E-state index in [1.165, 1.54) is 71.1 Å². The van der Waals surface area contributed by atoms with Gasteiger partial charge in [-0.1, -0.05) is 63.3 Å². The third-order valence-corrected chi connectivity index (χ3v) is 3.64. The molecule has 0 spiro atoms. The summed E-state index contributed by atoms with van der Waals surface area (Å²) in [6.45, 7) is 4.21. The predicted octanol–water partition coefficient (Wildman–Crippen LogP) is 6.36. The molecule has 0 unspecified atom stereocenters. The van der Waals surface area contributed by atoms with E-state index in [4.69, 9.17) is 4.74 Å². The first-order valence-corrected chi connectivity index (χ1v) is 9.20. The van der Waals surface area contributed by atoms with E-state index in [1.807, 2.05) is 0 Å². The lowest BCUT2D eigenvalue weighted by Crippen LogP contribution is -1.98. The van der Waals surface area contributed by atoms with Crippen molar-refractivity contribution in [2.24, 2.45) is 0 Å². The van der Waals surface area contributed by atoms with Gasteiger partial charge in [-0.2, -0.15) is 0 Å². The van der Waals surface area contributed by atoms with Crippen molar-refractivity contribution in [2.45, 2.75) is 90.9 Å². The smallest absolute Gasteiger partial charge is 0.302 e. The summed E-state index contributed by atoms with van der Waals surface area (Å²) in [5.41, 5.74) is 0. The Hall–Kier alpha value is -1.05. The van der Waals surface area contributed by atoms with Gasteiger partial charge in [0, 0.05) is 6.92 Å². The molecule has 2 nitrogen and oxygen atoms in total. The van der Waals surface area contributed by atoms with Crippen LogP contribution in [0.1, 0.15) is 90.9 Å². The monoisotopic (exact) mass is 308 g/mol. The highest BCUT2D eigenvalue weighted by Gasteiger charge is 1.90. The molecule has 0 amide bonds. The fourth-order valence-electron chi connectivity index (χ4n) is 2.31. The van der Waals surface area contributed by atoms with E-state index in [-0.39, 0.29) is 5.97 Å². The zero-order valence-electron chi connectivity index (χ0n) is 14.8. The van der Waals surface area contributed by atoms with Crippen LogP contribution in [-0.4, -0.2) is 12.6 Å². The van der Waals surface area contributed by atoms with Gasteiger partial charge < -0.3 is 4.74 Å². The van der Waals surface area contributed by atoms with Crippen LogP contribution in [0.15, 0.2) is 24.3 Å². The molecule has 0 aliphatic carbocycles. The maximum atomic E-state index is 10.6. The zero-order chi connectivity index (χ0) is 16.3. The van der Waals surface area contributed by atoms with Crippen LogP contribution in [0.5, 0.6) is 0 Å². The summed E-state index contributed by atoms with van der Waals surface area (Å²) in [7, 11) is 0. The molecule has 0 heterocycles. The van der Waals surface area contributed by atoms with Gasteiger partial charge in [0.05, 0.1) is 6.61 Å². The Labute approximate surface area is 138 Å². The lowest BCUT2D eigenvalue weighted by atomic mass is 10.1. The van der Waals surface area contributed by atoms with E-state index in [9.17, 15) is 4.79 Å². The normalized spacial score (nSPS) is 11.5. The number of unbranched alkanes of at least 4 members (excludes halogenated alkanes) is 9. The summed E-state index contributed by atoms with van der Waals surface area (Å²) in [4.78, 5) is 10.6. The highest BCUT2D eigenvalue weighted by molar-refractivity contribution is 5.65. The van der Waals surface area contributed by atoms with Gasteiger partial charge in [-0.3, -0.25) is 4.79 Å². The van der Waals surface area contributed by atoms with Crippen LogP contribution in [0.2, 0.25) is 0 Å². The van der Waals surface area contributed by atoms with Crippen molar-refractivity contribution in [3.63, 3.8) is 0 Å². The first-order chi connectivity index (χ1) is 10.8. The lowest BCUT2D eigenvalue weighted by molar-refractivity contribution is -0.140. The van der Waals surface area contributed by atoms with Crippen molar-refractivity contribution >= 4 is 5.97 Å². The van der Waals surface area contributed by atoms with Crippen LogP contribution in [-0.2, 0) is 9.53 Å². The first kappa shape index (κ1) is 20.9. The average molecular weight is 309 g/mol. The lowest BCUT2D eigenvalue weighted by Gasteiger charge is -1.99. The minimum atomic E-state index is -0.191. The molecule has 22 heavy (non-hydrogen) atoms. The molecule has 0 saturated carbocycles. The topological polar surface area (TPSA) is 26.3 Å². The van der Waals surface area contributed by atoms with Crippen LogP contribution < -0.4 is 0 Å². The number of allylic oxidation sites excluding steroid dienone is 3. The molecule has 0 N–H and O–H groups in total. The van der Waals surface area contributed by atoms with Crippen LogP contribution in [0, 0.1) is 0 Å². The second-order valence-electron chi connectivity index (χ2n) is 5.91. The molecule has 0 aromatic rings. The Morgan fingerprint density at radius 3 is 1.68 bits per heavy atom. The van der Waals surface area contributed by atoms with E-state index in [1.54, 1.807) is 0 Å². The van der Waals surface area contributed by atoms with Crippen molar-refractivity contribution < 1.29 is 9.53 Å². The van der Waals surface area contributed by atoms with E-state index >= 15 is 0 Å². The fraction of sp³-hybridized carbons (Fsp3) is 0.750. The Morgan fingerprint density at radius 2 is 1.18 bits per heavy atom. The molecule has 0 aliphatic rings. The van der Waals surface area contributed by atoms with E-state index in [2.05, 4.69) is 31.2 Å². The maximum Gasteiger partial charge on any atom is 0.302 e. The summed E-state index contributed by atoms with van der Waals surface area (Å²) in [6, 6.07) is 0. The van der Waals surface area contributed by atoms with Gasteiger partial charge in [0.15, 0.2) is 0 Å². The van der Waals surface area contributed by atoms with Gasteiger partial charge in [0.25, 0.3) is 0 Å². The second kappa shape index (κ2) is 18.0. The number of ether oxygens (including phenoxy) is 1. The number of carbonyl (C=O) groups is 1. The zero-order valence-corrected chi connectivity index (χ0v) is 14.8. The van der Waals surface area contributed by atoms with E-state index < -0.39 is 0 Å². The molecule has 0 radical (unpaired) electrons. The van der Waals surface area contributed by atoms with Gasteiger partial charge in [-0.15, -0.1) is 0 Å². The highest BCUT2D eigenvalue weighted by Crippen LogP contribution is 2.09. The number of hydrogen-bond donors (Lipinski definition) is 0. The number of rotatable bonds is 15. The minimum Gasteiger partial charge on any atom is -0.466 e. The number of carbonyl (C=O) groups excluding carboxylic acids is 1. The molecule has 0 bridgehead atoms. The SMILES string of the molecule is CCCCC/C=C/CCCCCCC/C=C/CCOC(C)=O. The number of hydrogen-bond acceptors (Lipinski definition) is 2. The molecule has 0 aromatic carbocycles. The Balaban J connectivity index is 3.13. The van der Waals surface area contributed by atoms with Crippen molar-refractivity contribution in [1.82, 2.24) is 0 Å². The average Bonchev–Trinajstić information content (AvgIpc) is 2.50. The molecule has 0 rings (SSSR count). The minimum absolute atomic E-state index is 0.191. The third kappa shape index (κ3) is 18.9. The molecule has 0 aliphatic heterocycles. The van der Waals surface area contributed by atoms with Gasteiger partial charge in [0.1, 0.15) is 0 Å². The Bertz CT molecular complexity index is 292. The standard InChI is InChI=1S/C20H36O2/c1-3-4-5-6-7-8-9-10-11-12-13-14-15-16-17-18-19-22-20(2)21/h7-8,16-17H,3-6,9-15,18-19H2,1-2H3/b8-7+,17-16+. The highest BCUT2D eigenvalue weighted by atomic mass is 16.5. The summed E-state index contributed by atoms with van der Waals surface area (Å²) in [6.07, 6.45) is 24.2. The largest absolute Gasteiger partial charge is 0.466 e. The van der Waals surface area contributed by atoms with Crippen molar-refractivity contribution in [1.29, 1.82) is 0 Å². The Kier molecular flexibility index (Phi) is 17.1. The molecule has 2 heteroatoms. The van der Waals surface area contributed by atoms with E-state index in [0.29, 0.717) is 6.61 Å². The van der Waals surface area contributed by atoms with E-state index in [0.717, 1.165) is 12.8 Å². The van der Waals surface area contributed by atoms with Gasteiger partial charge in [-0.25, -0.2) is 0 Å². The molecule has 0 aromatic heterocycles. The Morgan fingerprint density at radius 1 is 0.727 bits per heavy atom. The molecular weight excluding hydrogens is 272 g/mol. The van der Waals surface area contributed by atoms with Crippen molar-refractivity contribution in [3.8, 4) is 0 Å². The van der Waals surface area contributed by atoms with Gasteiger partial charge in [-0.05, 0) is 44.9 Å². The summed E-state index contributed by atoms with van der Waals surface area (Å²) in [5.74, 6) is -0.191. The predicted molar refractivity (Wildman–Crippen MR) is 96.0 cm³/mol. The fourth-order valence-corrected chi connectivity index (χ4v) is 2.31. The third-order valence-electron chi connectivity index (χ3n) is 3.64. The van der Waals surface area contributed by atoms with Gasteiger partial charge >= 0.3 is 5.97 Å². The summed E-state index contributed by atoms with van der Waals surface area (Å²) >= 11 is 0. The summed E-state index contributed by atoms with van der Waals surface area (Å²) < 4.78 is 4.87. The first-order valence-electron chi connectivity index (χ1n) is 9.20. The molecule has 128 valence electrons. The second-order valence-corrected chi connectivity index (χ2v) is 5.91. The van der Waals surface area contributed by atoms with Crippen molar-refractivity contribution in [2.75, 3.05) is 6.61 Å². The molecule has 0 saturated heterocycles. The summed E-state index contributed by atoms with van der Waals surface area (Å²) in [5, 5.41) is 0. The molecule has 0 atom stereocenters. The maximum absolute atomic E-state index is 10.6. The van der Waals surface area contributed by atoms with Crippen LogP contribution in [0.25, 0.3) is 0 Å². The molecule has 0 fully saturated rings. The number of esters is 1.